The molecule has 0 fully saturated rings. The van der Waals surface area contributed by atoms with E-state index in [0.717, 1.165) is 16.9 Å². The van der Waals surface area contributed by atoms with Crippen LogP contribution in [0.2, 0.25) is 0 Å². The van der Waals surface area contributed by atoms with E-state index in [1.54, 1.807) is 0 Å². The van der Waals surface area contributed by atoms with E-state index in [0.29, 0.717) is 0 Å². The van der Waals surface area contributed by atoms with Crippen molar-refractivity contribution in [1.82, 2.24) is 0 Å². The van der Waals surface area contributed by atoms with Crippen LogP contribution in [0.3, 0.4) is 0 Å². The molecule has 0 aromatic heterocycles. The van der Waals surface area contributed by atoms with Crippen LogP contribution in [0.25, 0.3) is 11.1 Å². The van der Waals surface area contributed by atoms with Crippen LogP contribution in [-0.2, 0) is 15.7 Å². The number of halogens is 1. The number of rotatable bonds is 4. The third kappa shape index (κ3) is 3.75. The van der Waals surface area contributed by atoms with Crippen molar-refractivity contribution in [3.05, 3.63) is 54.1 Å². The number of para-hydroxylation sites is 1. The van der Waals surface area contributed by atoms with Crippen LogP contribution in [-0.4, -0.2) is 10.7 Å². The van der Waals surface area contributed by atoms with Crippen LogP contribution in [0.1, 0.15) is 19.4 Å². The quantitative estimate of drug-likeness (QED) is 0.728. The molecular formula is C16H16ClORu. The fraction of sp³-hybridized carbons (Fsp3) is 0.188. The molecule has 101 valence electrons. The van der Waals surface area contributed by atoms with Crippen LogP contribution in [0.15, 0.2) is 48.5 Å². The summed E-state index contributed by atoms with van der Waals surface area (Å²) in [6, 6.07) is 16.5. The SMILES string of the molecule is CC(C)Oc1c([CH]=[Ru][Cl])cccc1-c1ccccc1. The summed E-state index contributed by atoms with van der Waals surface area (Å²) in [5.41, 5.74) is 3.37. The summed E-state index contributed by atoms with van der Waals surface area (Å²) in [4.78, 5) is 0. The fourth-order valence-corrected chi connectivity index (χ4v) is 2.98. The van der Waals surface area contributed by atoms with Gasteiger partial charge in [0.25, 0.3) is 0 Å². The van der Waals surface area contributed by atoms with E-state index in [2.05, 4.69) is 34.9 Å². The summed E-state index contributed by atoms with van der Waals surface area (Å²) in [6.45, 7) is 4.08. The van der Waals surface area contributed by atoms with Gasteiger partial charge in [-0.1, -0.05) is 0 Å². The van der Waals surface area contributed by atoms with Gasteiger partial charge in [-0.3, -0.25) is 0 Å². The van der Waals surface area contributed by atoms with Gasteiger partial charge in [0, 0.05) is 0 Å². The molecule has 0 aliphatic carbocycles. The molecule has 2 aromatic carbocycles. The van der Waals surface area contributed by atoms with Crippen LogP contribution < -0.4 is 4.74 Å². The van der Waals surface area contributed by atoms with Gasteiger partial charge in [-0.05, 0) is 0 Å². The first-order chi connectivity index (χ1) is 9.22. The van der Waals surface area contributed by atoms with Crippen molar-refractivity contribution in [2.75, 3.05) is 0 Å². The van der Waals surface area contributed by atoms with Gasteiger partial charge in [0.05, 0.1) is 0 Å². The van der Waals surface area contributed by atoms with Crippen molar-refractivity contribution in [3.63, 3.8) is 0 Å². The van der Waals surface area contributed by atoms with E-state index in [9.17, 15) is 0 Å². The van der Waals surface area contributed by atoms with Crippen LogP contribution in [0.5, 0.6) is 5.75 Å². The van der Waals surface area contributed by atoms with Crippen LogP contribution >= 0.6 is 9.69 Å². The zero-order valence-corrected chi connectivity index (χ0v) is 13.4. The second kappa shape index (κ2) is 6.98. The van der Waals surface area contributed by atoms with Crippen LogP contribution in [0.4, 0.5) is 0 Å². The first-order valence-corrected chi connectivity index (χ1v) is 9.37. The predicted octanol–water partition coefficient (Wildman–Crippen LogP) is 4.53. The molecule has 0 radical (unpaired) electrons. The molecule has 0 heterocycles. The first-order valence-electron chi connectivity index (χ1n) is 6.13. The summed E-state index contributed by atoms with van der Waals surface area (Å²) in [7, 11) is 5.92. The van der Waals surface area contributed by atoms with E-state index < -0.39 is 0 Å². The zero-order valence-electron chi connectivity index (χ0n) is 10.9. The zero-order chi connectivity index (χ0) is 13.7. The van der Waals surface area contributed by atoms with Gasteiger partial charge in [0.1, 0.15) is 0 Å². The average molecular weight is 361 g/mol. The maximum atomic E-state index is 6.01. The molecule has 0 amide bonds. The Bertz CT molecular complexity index is 564. The molecule has 0 saturated carbocycles. The van der Waals surface area contributed by atoms with Gasteiger partial charge in [-0.25, -0.2) is 0 Å². The third-order valence-corrected chi connectivity index (χ3v) is 3.82. The number of hydrogen-bond acceptors (Lipinski definition) is 1. The molecule has 3 heteroatoms. The molecular weight excluding hydrogens is 345 g/mol. The molecule has 0 saturated heterocycles. The molecule has 0 aliphatic heterocycles. The van der Waals surface area contributed by atoms with Crippen molar-refractivity contribution in [2.24, 2.45) is 0 Å². The minimum absolute atomic E-state index is 0.142. The van der Waals surface area contributed by atoms with E-state index in [-0.39, 0.29) is 21.8 Å². The second-order valence-electron chi connectivity index (χ2n) is 4.44. The molecule has 0 spiro atoms. The van der Waals surface area contributed by atoms with Crippen LogP contribution in [0, 0.1) is 0 Å². The Labute approximate surface area is 125 Å². The van der Waals surface area contributed by atoms with Crippen molar-refractivity contribution in [2.45, 2.75) is 20.0 Å². The van der Waals surface area contributed by atoms with Gasteiger partial charge in [0.15, 0.2) is 0 Å². The second-order valence-corrected chi connectivity index (χ2v) is 6.23. The molecule has 0 aliphatic rings. The fourth-order valence-electron chi connectivity index (χ4n) is 1.89. The van der Waals surface area contributed by atoms with Gasteiger partial charge in [-0.2, -0.15) is 0 Å². The molecule has 0 N–H and O–H groups in total. The number of hydrogen-bond donors (Lipinski definition) is 0. The topological polar surface area (TPSA) is 9.23 Å². The van der Waals surface area contributed by atoms with E-state index in [1.165, 1.54) is 5.56 Å². The number of benzene rings is 2. The van der Waals surface area contributed by atoms with Crippen molar-refractivity contribution in [3.8, 4) is 16.9 Å². The number of ether oxygens (including phenoxy) is 1. The molecule has 0 unspecified atom stereocenters. The van der Waals surface area contributed by atoms with Crippen molar-refractivity contribution in [1.29, 1.82) is 0 Å². The summed E-state index contributed by atoms with van der Waals surface area (Å²) >= 11 is -0.264. The van der Waals surface area contributed by atoms with E-state index >= 15 is 0 Å². The third-order valence-electron chi connectivity index (χ3n) is 2.63. The summed E-state index contributed by atoms with van der Waals surface area (Å²) in [5, 5.41) is 0. The van der Waals surface area contributed by atoms with Gasteiger partial charge < -0.3 is 0 Å². The predicted molar refractivity (Wildman–Crippen MR) is 78.7 cm³/mol. The monoisotopic (exact) mass is 361 g/mol. The van der Waals surface area contributed by atoms with Crippen molar-refractivity contribution >= 4 is 14.3 Å². The Kier molecular flexibility index (Phi) is 5.30. The van der Waals surface area contributed by atoms with Gasteiger partial charge in [-0.15, -0.1) is 0 Å². The van der Waals surface area contributed by atoms with Gasteiger partial charge >= 0.3 is 126 Å². The summed E-state index contributed by atoms with van der Waals surface area (Å²) < 4.78 is 8.08. The van der Waals surface area contributed by atoms with E-state index in [1.807, 2.05) is 32.0 Å². The maximum absolute atomic E-state index is 6.01. The van der Waals surface area contributed by atoms with Crippen molar-refractivity contribution < 1.29 is 20.4 Å². The summed E-state index contributed by atoms with van der Waals surface area (Å²) in [6.07, 6.45) is 0.142. The molecule has 0 atom stereocenters. The van der Waals surface area contributed by atoms with Gasteiger partial charge in [0.2, 0.25) is 0 Å². The molecule has 2 rings (SSSR count). The summed E-state index contributed by atoms with van der Waals surface area (Å²) in [5.74, 6) is 0.929. The Morgan fingerprint density at radius 2 is 1.79 bits per heavy atom. The normalized spacial score (nSPS) is 11.6. The Hall–Kier alpha value is -0.977. The molecule has 1 nitrogen and oxygen atoms in total. The minimum atomic E-state index is -0.264. The first kappa shape index (κ1) is 14.4. The molecule has 0 bridgehead atoms. The Balaban J connectivity index is 2.56. The average Bonchev–Trinajstić information content (AvgIpc) is 2.41. The Morgan fingerprint density at radius 3 is 2.42 bits per heavy atom. The van der Waals surface area contributed by atoms with E-state index in [4.69, 9.17) is 14.4 Å². The molecule has 19 heavy (non-hydrogen) atoms. The molecule has 2 aromatic rings. The Morgan fingerprint density at radius 1 is 1.05 bits per heavy atom. The standard InChI is InChI=1S/C16H16O.ClH.Ru/c1-12(2)17-16-13(3)8-7-11-15(16)14-9-5-4-6-10-14;;/h3-12H,1-2H3;1H;/q;;+1/p-1.